The number of benzene rings is 1. The third kappa shape index (κ3) is 10.9. The quantitative estimate of drug-likeness (QED) is 0.145. The molecule has 3 heterocycles. The highest BCUT2D eigenvalue weighted by molar-refractivity contribution is 5.79. The van der Waals surface area contributed by atoms with Crippen molar-refractivity contribution in [3.63, 3.8) is 0 Å². The highest BCUT2D eigenvalue weighted by Gasteiger charge is 2.27. The first-order valence-electron chi connectivity index (χ1n) is 15.8. The fourth-order valence-electron chi connectivity index (χ4n) is 5.39. The summed E-state index contributed by atoms with van der Waals surface area (Å²) in [6, 6.07) is 17.6. The van der Waals surface area contributed by atoms with Crippen molar-refractivity contribution >= 4 is 17.6 Å². The third-order valence-corrected chi connectivity index (χ3v) is 7.53. The molecule has 238 valence electrons. The van der Waals surface area contributed by atoms with E-state index in [2.05, 4.69) is 32.7 Å². The van der Waals surface area contributed by atoms with Crippen LogP contribution in [0.25, 0.3) is 11.1 Å². The molecule has 2 aromatic heterocycles. The summed E-state index contributed by atoms with van der Waals surface area (Å²) in [6.45, 7) is 8.02. The minimum atomic E-state index is -1.12. The lowest BCUT2D eigenvalue weighted by Gasteiger charge is -2.28. The second-order valence-electron chi connectivity index (χ2n) is 12.5. The maximum absolute atomic E-state index is 14.7. The van der Waals surface area contributed by atoms with Gasteiger partial charge in [0.15, 0.2) is 0 Å². The minimum Gasteiger partial charge on any atom is -0.458 e. The molecule has 2 N–H and O–H groups in total. The van der Waals surface area contributed by atoms with Crippen molar-refractivity contribution in [2.24, 2.45) is 0 Å². The maximum Gasteiger partial charge on any atom is 0.329 e. The summed E-state index contributed by atoms with van der Waals surface area (Å²) in [6.07, 6.45) is 5.95. The minimum absolute atomic E-state index is 0.0342. The lowest BCUT2D eigenvalue weighted by molar-refractivity contribution is -0.156. The number of aromatic nitrogens is 2. The molecular weight excluding hydrogens is 557 g/mol. The molecule has 44 heavy (non-hydrogen) atoms. The summed E-state index contributed by atoms with van der Waals surface area (Å²) in [7, 11) is 1.51. The number of rotatable bonds is 16. The summed E-state index contributed by atoms with van der Waals surface area (Å²) in [5.41, 5.74) is 3.78. The number of nitrogens with zero attached hydrogens (tertiary/aromatic N) is 3. The van der Waals surface area contributed by atoms with Gasteiger partial charge in [-0.05, 0) is 101 Å². The number of esters is 1. The van der Waals surface area contributed by atoms with Crippen LogP contribution < -0.4 is 10.6 Å². The summed E-state index contributed by atoms with van der Waals surface area (Å²) >= 11 is 0. The number of ether oxygens (including phenoxy) is 2. The number of carbonyl (C=O) groups is 1. The Hall–Kier alpha value is -3.56. The van der Waals surface area contributed by atoms with Gasteiger partial charge in [0.1, 0.15) is 29.5 Å². The molecule has 9 heteroatoms. The monoisotopic (exact) mass is 605 g/mol. The van der Waals surface area contributed by atoms with Crippen molar-refractivity contribution in [1.82, 2.24) is 14.9 Å². The van der Waals surface area contributed by atoms with Gasteiger partial charge in [0, 0.05) is 38.6 Å². The Balaban J connectivity index is 1.40. The van der Waals surface area contributed by atoms with Crippen LogP contribution in [-0.4, -0.2) is 78.5 Å². The average Bonchev–Trinajstić information content (AvgIpc) is 3.00. The lowest BCUT2D eigenvalue weighted by atomic mass is 10.1. The molecule has 3 aromatic rings. The lowest BCUT2D eigenvalue weighted by Crippen LogP contribution is -2.41. The molecule has 0 amide bonds. The predicted octanol–water partition coefficient (Wildman–Crippen LogP) is 6.32. The number of anilines is 2. The van der Waals surface area contributed by atoms with Gasteiger partial charge in [0.25, 0.3) is 0 Å². The van der Waals surface area contributed by atoms with E-state index in [4.69, 9.17) is 14.5 Å². The normalized spacial score (nSPS) is 14.4. The Kier molecular flexibility index (Phi) is 12.5. The third-order valence-electron chi connectivity index (χ3n) is 7.53. The van der Waals surface area contributed by atoms with Crippen molar-refractivity contribution in [3.8, 4) is 11.1 Å². The molecule has 2 atom stereocenters. The SMILES string of the molecule is COCC(F)CN(CCCCc1ccc2c(n1)NCCC2)CCC(Nc1cc(-c2ccccc2)ccn1)C(=O)OC(C)(C)C. The summed E-state index contributed by atoms with van der Waals surface area (Å²) in [5.74, 6) is 1.24. The molecule has 0 saturated heterocycles. The Bertz CT molecular complexity index is 1320. The van der Waals surface area contributed by atoms with E-state index in [0.717, 1.165) is 61.3 Å². The second kappa shape index (κ2) is 16.5. The van der Waals surface area contributed by atoms with E-state index in [1.165, 1.54) is 12.7 Å². The van der Waals surface area contributed by atoms with Crippen LogP contribution in [0.1, 0.15) is 57.7 Å². The van der Waals surface area contributed by atoms with E-state index >= 15 is 0 Å². The summed E-state index contributed by atoms with van der Waals surface area (Å²) in [4.78, 5) is 24.7. The van der Waals surface area contributed by atoms with Crippen LogP contribution >= 0.6 is 0 Å². The van der Waals surface area contributed by atoms with Crippen molar-refractivity contribution in [1.29, 1.82) is 0 Å². The number of hydrogen-bond acceptors (Lipinski definition) is 8. The van der Waals surface area contributed by atoms with E-state index in [0.29, 0.717) is 25.3 Å². The van der Waals surface area contributed by atoms with Gasteiger partial charge in [-0.15, -0.1) is 0 Å². The number of aryl methyl sites for hydroxylation is 2. The van der Waals surface area contributed by atoms with Gasteiger partial charge in [-0.2, -0.15) is 0 Å². The van der Waals surface area contributed by atoms with Crippen LogP contribution in [0, 0.1) is 0 Å². The molecule has 2 unspecified atom stereocenters. The average molecular weight is 606 g/mol. The Morgan fingerprint density at radius 3 is 2.68 bits per heavy atom. The number of methoxy groups -OCH3 is 1. The molecule has 0 fully saturated rings. The van der Waals surface area contributed by atoms with Crippen LogP contribution in [0.3, 0.4) is 0 Å². The van der Waals surface area contributed by atoms with E-state index in [1.807, 2.05) is 63.2 Å². The van der Waals surface area contributed by atoms with Gasteiger partial charge in [0.05, 0.1) is 6.61 Å². The van der Waals surface area contributed by atoms with E-state index in [-0.39, 0.29) is 19.1 Å². The first kappa shape index (κ1) is 33.3. The number of pyridine rings is 2. The van der Waals surface area contributed by atoms with Crippen molar-refractivity contribution in [2.45, 2.75) is 77.1 Å². The predicted molar refractivity (Wildman–Crippen MR) is 175 cm³/mol. The number of carbonyl (C=O) groups excluding carboxylic acids is 1. The number of halogens is 1. The van der Waals surface area contributed by atoms with Gasteiger partial charge in [0.2, 0.25) is 0 Å². The molecule has 1 aromatic carbocycles. The molecule has 0 aliphatic carbocycles. The van der Waals surface area contributed by atoms with Gasteiger partial charge >= 0.3 is 5.97 Å². The maximum atomic E-state index is 14.7. The van der Waals surface area contributed by atoms with Gasteiger partial charge in [-0.1, -0.05) is 36.4 Å². The number of unbranched alkanes of at least 4 members (excludes halogenated alkanes) is 1. The van der Waals surface area contributed by atoms with Crippen molar-refractivity contribution < 1.29 is 18.7 Å². The molecule has 0 bridgehead atoms. The number of fused-ring (bicyclic) bond motifs is 1. The molecule has 8 nitrogen and oxygen atoms in total. The zero-order valence-electron chi connectivity index (χ0n) is 26.7. The molecule has 0 spiro atoms. The fraction of sp³-hybridized carbons (Fsp3) is 0.514. The van der Waals surface area contributed by atoms with Crippen LogP contribution in [0.2, 0.25) is 0 Å². The summed E-state index contributed by atoms with van der Waals surface area (Å²) in [5, 5.41) is 6.72. The van der Waals surface area contributed by atoms with E-state index < -0.39 is 17.8 Å². The van der Waals surface area contributed by atoms with Crippen LogP contribution in [-0.2, 0) is 27.1 Å². The van der Waals surface area contributed by atoms with Gasteiger partial charge in [-0.25, -0.2) is 19.2 Å². The largest absolute Gasteiger partial charge is 0.458 e. The number of nitrogens with one attached hydrogen (secondary N) is 2. The first-order valence-corrected chi connectivity index (χ1v) is 15.8. The van der Waals surface area contributed by atoms with Gasteiger partial charge in [-0.3, -0.25) is 0 Å². The smallest absolute Gasteiger partial charge is 0.329 e. The Labute approximate surface area is 261 Å². The Morgan fingerprint density at radius 2 is 1.91 bits per heavy atom. The van der Waals surface area contributed by atoms with Crippen molar-refractivity contribution in [2.75, 3.05) is 50.5 Å². The topological polar surface area (TPSA) is 88.6 Å². The zero-order chi connectivity index (χ0) is 31.4. The second-order valence-corrected chi connectivity index (χ2v) is 12.5. The molecule has 0 saturated carbocycles. The highest BCUT2D eigenvalue weighted by atomic mass is 19.1. The molecule has 1 aliphatic heterocycles. The van der Waals surface area contributed by atoms with E-state index in [9.17, 15) is 9.18 Å². The molecule has 4 rings (SSSR count). The zero-order valence-corrected chi connectivity index (χ0v) is 26.7. The van der Waals surface area contributed by atoms with E-state index in [1.54, 1.807) is 6.20 Å². The number of alkyl halides is 1. The molecule has 1 aliphatic rings. The standard InChI is InChI=1S/C35H48FN5O3/c1-35(2,3)44-34(42)31(40-32-23-28(17-20-37-32)26-11-6-5-7-12-26)18-22-41(24-29(36)25-43-4)21-9-8-14-30-16-15-27-13-10-19-38-33(27)39-30/h5-7,11-12,15-17,20,23,29,31H,8-10,13-14,18-19,21-22,24-25H2,1-4H3,(H,37,40)(H,38,39). The van der Waals surface area contributed by atoms with Crippen LogP contribution in [0.15, 0.2) is 60.8 Å². The summed E-state index contributed by atoms with van der Waals surface area (Å²) < 4.78 is 25.6. The molecular formula is C35H48FN5O3. The molecule has 0 radical (unpaired) electrons. The van der Waals surface area contributed by atoms with Crippen LogP contribution in [0.4, 0.5) is 16.0 Å². The van der Waals surface area contributed by atoms with Crippen LogP contribution in [0.5, 0.6) is 0 Å². The highest BCUT2D eigenvalue weighted by Crippen LogP contribution is 2.23. The first-order chi connectivity index (χ1) is 21.2. The fourth-order valence-corrected chi connectivity index (χ4v) is 5.39. The van der Waals surface area contributed by atoms with Crippen molar-refractivity contribution in [3.05, 3.63) is 72.1 Å². The number of hydrogen-bond donors (Lipinski definition) is 2. The van der Waals surface area contributed by atoms with Gasteiger partial charge < -0.3 is 25.0 Å². The Morgan fingerprint density at radius 1 is 1.09 bits per heavy atom.